The molecule has 1 aromatic heterocycles. The second-order valence-corrected chi connectivity index (χ2v) is 8.46. The van der Waals surface area contributed by atoms with E-state index in [4.69, 9.17) is 13.9 Å². The van der Waals surface area contributed by atoms with Gasteiger partial charge < -0.3 is 29.0 Å². The molecule has 0 aliphatic carbocycles. The third-order valence-corrected chi connectivity index (χ3v) is 5.91. The summed E-state index contributed by atoms with van der Waals surface area (Å²) in [5.74, 6) is 0.919. The Morgan fingerprint density at radius 1 is 1.20 bits per heavy atom. The zero-order valence-corrected chi connectivity index (χ0v) is 20.1. The van der Waals surface area contributed by atoms with E-state index in [-0.39, 0.29) is 11.3 Å². The van der Waals surface area contributed by atoms with Crippen molar-refractivity contribution in [3.05, 3.63) is 63.3 Å². The van der Waals surface area contributed by atoms with E-state index in [1.165, 1.54) is 11.0 Å². The maximum absolute atomic E-state index is 13.1. The first-order chi connectivity index (χ1) is 16.9. The quantitative estimate of drug-likeness (QED) is 0.555. The minimum absolute atomic E-state index is 0.193. The highest BCUT2D eigenvalue weighted by atomic mass is 16.5. The SMILES string of the molecule is COc1ccc(C#N)cc1NCCc1cc(C(=O)N(C)C)cc2c(=O)cc(N3CCOCC3)oc12. The van der Waals surface area contributed by atoms with E-state index in [1.54, 1.807) is 51.5 Å². The number of carbonyl (C=O) groups excluding carboxylic acids is 1. The number of morpholine rings is 1. The molecular weight excluding hydrogens is 448 g/mol. The van der Waals surface area contributed by atoms with E-state index in [1.807, 2.05) is 4.90 Å². The Kier molecular flexibility index (Phi) is 7.22. The molecule has 2 aromatic carbocycles. The maximum atomic E-state index is 13.1. The van der Waals surface area contributed by atoms with E-state index in [9.17, 15) is 14.9 Å². The molecule has 0 atom stereocenters. The molecule has 0 radical (unpaired) electrons. The Morgan fingerprint density at radius 3 is 2.66 bits per heavy atom. The number of fused-ring (bicyclic) bond motifs is 1. The lowest BCUT2D eigenvalue weighted by Gasteiger charge is -2.27. The maximum Gasteiger partial charge on any atom is 0.253 e. The van der Waals surface area contributed by atoms with Crippen LogP contribution in [-0.4, -0.2) is 64.9 Å². The fourth-order valence-electron chi connectivity index (χ4n) is 4.07. The molecule has 1 N–H and O–H groups in total. The molecule has 9 nitrogen and oxygen atoms in total. The third kappa shape index (κ3) is 5.23. The van der Waals surface area contributed by atoms with Crippen LogP contribution in [0.4, 0.5) is 11.6 Å². The molecule has 3 aromatic rings. The predicted octanol–water partition coefficient (Wildman–Crippen LogP) is 2.87. The molecule has 0 unspecified atom stereocenters. The summed E-state index contributed by atoms with van der Waals surface area (Å²) in [4.78, 5) is 29.3. The summed E-state index contributed by atoms with van der Waals surface area (Å²) >= 11 is 0. The summed E-state index contributed by atoms with van der Waals surface area (Å²) < 4.78 is 17.1. The van der Waals surface area contributed by atoms with Gasteiger partial charge in [-0.15, -0.1) is 0 Å². The van der Waals surface area contributed by atoms with E-state index >= 15 is 0 Å². The molecule has 4 rings (SSSR count). The van der Waals surface area contributed by atoms with Crippen molar-refractivity contribution < 1.29 is 18.7 Å². The normalized spacial score (nSPS) is 13.4. The average Bonchev–Trinajstić information content (AvgIpc) is 2.88. The molecule has 1 fully saturated rings. The molecule has 0 saturated carbocycles. The standard InChI is InChI=1S/C26H28N4O5/c1-29(2)26(32)19-13-18(6-7-28-21-12-17(16-27)4-5-23(21)33-3)25-20(14-19)22(31)15-24(35-25)30-8-10-34-11-9-30/h4-5,12-15,28H,6-11H2,1-3H3. The Bertz CT molecular complexity index is 1340. The minimum atomic E-state index is -0.196. The van der Waals surface area contributed by atoms with Crippen LogP contribution in [-0.2, 0) is 11.2 Å². The molecule has 1 saturated heterocycles. The van der Waals surface area contributed by atoms with E-state index in [2.05, 4.69) is 11.4 Å². The molecule has 9 heteroatoms. The fraction of sp³-hybridized carbons (Fsp3) is 0.346. The Morgan fingerprint density at radius 2 is 1.97 bits per heavy atom. The highest BCUT2D eigenvalue weighted by Gasteiger charge is 2.19. The molecule has 2 heterocycles. The molecule has 182 valence electrons. The smallest absolute Gasteiger partial charge is 0.253 e. The predicted molar refractivity (Wildman–Crippen MR) is 133 cm³/mol. The first kappa shape index (κ1) is 24.1. The van der Waals surface area contributed by atoms with E-state index in [0.29, 0.717) is 78.7 Å². The van der Waals surface area contributed by atoms with Crippen molar-refractivity contribution in [2.24, 2.45) is 0 Å². The number of ether oxygens (including phenoxy) is 2. The minimum Gasteiger partial charge on any atom is -0.495 e. The molecular formula is C26H28N4O5. The number of anilines is 2. The van der Waals surface area contributed by atoms with Gasteiger partial charge in [-0.3, -0.25) is 9.59 Å². The number of benzene rings is 2. The van der Waals surface area contributed by atoms with Gasteiger partial charge >= 0.3 is 0 Å². The summed E-state index contributed by atoms with van der Waals surface area (Å²) in [6.07, 6.45) is 0.473. The number of amides is 1. The largest absolute Gasteiger partial charge is 0.495 e. The topological polar surface area (TPSA) is 108 Å². The van der Waals surface area contributed by atoms with Crippen molar-refractivity contribution in [2.45, 2.75) is 6.42 Å². The molecule has 1 aliphatic rings. The first-order valence-corrected chi connectivity index (χ1v) is 11.4. The highest BCUT2D eigenvalue weighted by molar-refractivity contribution is 5.98. The van der Waals surface area contributed by atoms with Crippen molar-refractivity contribution >= 4 is 28.4 Å². The monoisotopic (exact) mass is 476 g/mol. The van der Waals surface area contributed by atoms with Crippen LogP contribution < -0.4 is 20.4 Å². The van der Waals surface area contributed by atoms with Crippen molar-refractivity contribution in [1.82, 2.24) is 4.90 Å². The van der Waals surface area contributed by atoms with Gasteiger partial charge in [0.15, 0.2) is 11.3 Å². The van der Waals surface area contributed by atoms with Gasteiger partial charge in [0, 0.05) is 45.4 Å². The molecule has 0 spiro atoms. The molecule has 0 bridgehead atoms. The number of hydrogen-bond donors (Lipinski definition) is 1. The van der Waals surface area contributed by atoms with Crippen LogP contribution in [0.1, 0.15) is 21.5 Å². The highest BCUT2D eigenvalue weighted by Crippen LogP contribution is 2.28. The summed E-state index contributed by atoms with van der Waals surface area (Å²) in [7, 11) is 4.91. The summed E-state index contributed by atoms with van der Waals surface area (Å²) in [6.45, 7) is 2.87. The molecule has 35 heavy (non-hydrogen) atoms. The van der Waals surface area contributed by atoms with Crippen LogP contribution in [0.15, 0.2) is 45.6 Å². The second kappa shape index (κ2) is 10.5. The Labute approximate surface area is 203 Å². The van der Waals surface area contributed by atoms with Gasteiger partial charge in [0.05, 0.1) is 43.0 Å². The number of rotatable bonds is 7. The summed E-state index contributed by atoms with van der Waals surface area (Å²) in [5.41, 5.74) is 2.63. The lowest BCUT2D eigenvalue weighted by atomic mass is 10.0. The van der Waals surface area contributed by atoms with Crippen molar-refractivity contribution in [3.8, 4) is 11.8 Å². The number of nitrogens with zero attached hydrogens (tertiary/aromatic N) is 3. The number of methoxy groups -OCH3 is 1. The van der Waals surface area contributed by atoms with Gasteiger partial charge in [0.25, 0.3) is 5.91 Å². The van der Waals surface area contributed by atoms with E-state index in [0.717, 1.165) is 5.56 Å². The number of hydrogen-bond acceptors (Lipinski definition) is 8. The number of carbonyl (C=O) groups is 1. The summed E-state index contributed by atoms with van der Waals surface area (Å²) in [5, 5.41) is 12.9. The van der Waals surface area contributed by atoms with Crippen LogP contribution in [0.5, 0.6) is 5.75 Å². The number of nitriles is 1. The van der Waals surface area contributed by atoms with Crippen LogP contribution in [0.25, 0.3) is 11.0 Å². The van der Waals surface area contributed by atoms with Crippen molar-refractivity contribution in [3.63, 3.8) is 0 Å². The van der Waals surface area contributed by atoms with Gasteiger partial charge in [0.1, 0.15) is 11.3 Å². The van der Waals surface area contributed by atoms with Crippen LogP contribution in [0.2, 0.25) is 0 Å². The van der Waals surface area contributed by atoms with Crippen LogP contribution in [0.3, 0.4) is 0 Å². The van der Waals surface area contributed by atoms with Gasteiger partial charge in [-0.1, -0.05) is 0 Å². The van der Waals surface area contributed by atoms with Crippen molar-refractivity contribution in [1.29, 1.82) is 5.26 Å². The zero-order valence-electron chi connectivity index (χ0n) is 20.1. The van der Waals surface area contributed by atoms with Crippen molar-refractivity contribution in [2.75, 3.05) is 64.3 Å². The first-order valence-electron chi connectivity index (χ1n) is 11.4. The fourth-order valence-corrected chi connectivity index (χ4v) is 4.07. The van der Waals surface area contributed by atoms with Gasteiger partial charge in [-0.2, -0.15) is 5.26 Å². The molecule has 1 amide bonds. The average molecular weight is 477 g/mol. The van der Waals surface area contributed by atoms with Crippen LogP contribution in [0, 0.1) is 11.3 Å². The third-order valence-electron chi connectivity index (χ3n) is 5.91. The van der Waals surface area contributed by atoms with Gasteiger partial charge in [0.2, 0.25) is 0 Å². The Balaban J connectivity index is 1.71. The molecule has 1 aliphatic heterocycles. The lowest BCUT2D eigenvalue weighted by molar-refractivity contribution is 0.0827. The van der Waals surface area contributed by atoms with E-state index < -0.39 is 0 Å². The Hall–Kier alpha value is -4.03. The second-order valence-electron chi connectivity index (χ2n) is 8.46. The summed E-state index contributed by atoms with van der Waals surface area (Å²) in [6, 6.07) is 12.1. The van der Waals surface area contributed by atoms with Gasteiger partial charge in [-0.05, 0) is 42.3 Å². The van der Waals surface area contributed by atoms with Crippen LogP contribution >= 0.6 is 0 Å². The lowest BCUT2D eigenvalue weighted by Crippen LogP contribution is -2.36. The van der Waals surface area contributed by atoms with Gasteiger partial charge in [-0.25, -0.2) is 0 Å². The number of nitrogens with one attached hydrogen (secondary N) is 1. The zero-order chi connectivity index (χ0) is 24.9.